The first-order valence-electron chi connectivity index (χ1n) is 5.13. The number of hydrogen-bond acceptors (Lipinski definition) is 4. The molecule has 0 radical (unpaired) electrons. The van der Waals surface area contributed by atoms with Gasteiger partial charge >= 0.3 is 5.97 Å². The minimum Gasteiger partial charge on any atom is -0.466 e. The van der Waals surface area contributed by atoms with Crippen molar-refractivity contribution in [1.82, 2.24) is 0 Å². The van der Waals surface area contributed by atoms with Gasteiger partial charge in [0.05, 0.1) is 11.5 Å². The summed E-state index contributed by atoms with van der Waals surface area (Å²) in [7, 11) is 0. The number of halogens is 1. The average molecular weight is 258 g/mol. The van der Waals surface area contributed by atoms with Gasteiger partial charge in [-0.1, -0.05) is 17.7 Å². The predicted molar refractivity (Wildman–Crippen MR) is 63.1 cm³/mol. The van der Waals surface area contributed by atoms with Crippen LogP contribution >= 0.6 is 11.6 Å². The lowest BCUT2D eigenvalue weighted by Crippen LogP contribution is -2.06. The van der Waals surface area contributed by atoms with Gasteiger partial charge in [-0.15, -0.1) is 0 Å². The number of benzene rings is 1. The molecule has 0 aliphatic rings. The Hall–Kier alpha value is -1.62. The monoisotopic (exact) mass is 257 g/mol. The average Bonchev–Trinajstić information content (AvgIpc) is 2.27. The van der Waals surface area contributed by atoms with Crippen molar-refractivity contribution in [1.29, 1.82) is 0 Å². The molecule has 0 N–H and O–H groups in total. The molecule has 0 heterocycles. The molecule has 0 aromatic heterocycles. The highest BCUT2D eigenvalue weighted by atomic mass is 35.5. The fraction of sp³-hybridized carbons (Fsp3) is 0.364. The lowest BCUT2D eigenvalue weighted by atomic mass is 10.1. The van der Waals surface area contributed by atoms with Crippen LogP contribution in [0.25, 0.3) is 0 Å². The zero-order chi connectivity index (χ0) is 12.8. The number of aryl methyl sites for hydroxylation is 1. The van der Waals surface area contributed by atoms with Crippen molar-refractivity contribution in [3.63, 3.8) is 0 Å². The summed E-state index contributed by atoms with van der Waals surface area (Å²) in [5, 5.41) is 11.1. The van der Waals surface area contributed by atoms with Crippen LogP contribution in [0, 0.1) is 10.1 Å². The van der Waals surface area contributed by atoms with Gasteiger partial charge in [0, 0.05) is 23.1 Å². The van der Waals surface area contributed by atoms with Gasteiger partial charge < -0.3 is 4.74 Å². The number of esters is 1. The van der Waals surface area contributed by atoms with Gasteiger partial charge in [0.25, 0.3) is 5.69 Å². The van der Waals surface area contributed by atoms with Crippen LogP contribution in [0.2, 0.25) is 5.02 Å². The zero-order valence-electron chi connectivity index (χ0n) is 9.31. The van der Waals surface area contributed by atoms with Crippen molar-refractivity contribution in [3.05, 3.63) is 38.9 Å². The molecule has 0 amide bonds. The van der Waals surface area contributed by atoms with E-state index in [1.807, 2.05) is 0 Å². The molecule has 17 heavy (non-hydrogen) atoms. The van der Waals surface area contributed by atoms with Crippen LogP contribution in [0.4, 0.5) is 5.69 Å². The lowest BCUT2D eigenvalue weighted by molar-refractivity contribution is -0.385. The Morgan fingerprint density at radius 1 is 1.53 bits per heavy atom. The SMILES string of the molecule is CCOC(=O)CCc1ccc(Cl)cc1[N+](=O)[O-]. The molecule has 0 saturated carbocycles. The molecule has 1 aromatic rings. The maximum absolute atomic E-state index is 11.1. The first-order chi connectivity index (χ1) is 8.04. The van der Waals surface area contributed by atoms with Gasteiger partial charge in [-0.05, 0) is 19.4 Å². The second kappa shape index (κ2) is 6.20. The van der Waals surface area contributed by atoms with Crippen molar-refractivity contribution in [3.8, 4) is 0 Å². The molecule has 6 heteroatoms. The number of carbonyl (C=O) groups excluding carboxylic acids is 1. The smallest absolute Gasteiger partial charge is 0.306 e. The molecule has 0 saturated heterocycles. The fourth-order valence-corrected chi connectivity index (χ4v) is 1.55. The first-order valence-corrected chi connectivity index (χ1v) is 5.50. The summed E-state index contributed by atoms with van der Waals surface area (Å²) in [6.45, 7) is 2.02. The van der Waals surface area contributed by atoms with Gasteiger partial charge in [-0.3, -0.25) is 14.9 Å². The van der Waals surface area contributed by atoms with Crippen LogP contribution in [-0.2, 0) is 16.0 Å². The minimum atomic E-state index is -0.508. The summed E-state index contributed by atoms with van der Waals surface area (Å²) in [5.74, 6) is -0.364. The van der Waals surface area contributed by atoms with Crippen LogP contribution in [-0.4, -0.2) is 17.5 Å². The van der Waals surface area contributed by atoms with Gasteiger partial charge in [-0.2, -0.15) is 0 Å². The third-order valence-electron chi connectivity index (χ3n) is 2.15. The lowest BCUT2D eigenvalue weighted by Gasteiger charge is -2.03. The third kappa shape index (κ3) is 4.03. The maximum Gasteiger partial charge on any atom is 0.306 e. The standard InChI is InChI=1S/C11H12ClNO4/c1-2-17-11(14)6-4-8-3-5-9(12)7-10(8)13(15)16/h3,5,7H,2,4,6H2,1H3. The molecule has 0 spiro atoms. The van der Waals surface area contributed by atoms with Crippen molar-refractivity contribution in [2.75, 3.05) is 6.61 Å². The van der Waals surface area contributed by atoms with Gasteiger partial charge in [0.1, 0.15) is 0 Å². The van der Waals surface area contributed by atoms with E-state index in [0.29, 0.717) is 17.2 Å². The number of hydrogen-bond donors (Lipinski definition) is 0. The summed E-state index contributed by atoms with van der Waals surface area (Å²) in [5.41, 5.74) is 0.411. The number of nitrogens with zero attached hydrogens (tertiary/aromatic N) is 1. The van der Waals surface area contributed by atoms with E-state index in [-0.39, 0.29) is 24.5 Å². The zero-order valence-corrected chi connectivity index (χ0v) is 10.1. The topological polar surface area (TPSA) is 69.4 Å². The summed E-state index contributed by atoms with van der Waals surface area (Å²) in [4.78, 5) is 21.4. The third-order valence-corrected chi connectivity index (χ3v) is 2.38. The van der Waals surface area contributed by atoms with Crippen LogP contribution in [0.3, 0.4) is 0 Å². The molecular formula is C11H12ClNO4. The number of nitro groups is 1. The molecule has 0 bridgehead atoms. The quantitative estimate of drug-likeness (QED) is 0.462. The van der Waals surface area contributed by atoms with E-state index in [1.165, 1.54) is 6.07 Å². The van der Waals surface area contributed by atoms with Crippen molar-refractivity contribution in [2.45, 2.75) is 19.8 Å². The molecule has 5 nitrogen and oxygen atoms in total. The van der Waals surface area contributed by atoms with Crippen LogP contribution in [0.15, 0.2) is 18.2 Å². The van der Waals surface area contributed by atoms with Crippen molar-refractivity contribution in [2.24, 2.45) is 0 Å². The normalized spacial score (nSPS) is 10.0. The molecule has 0 aliphatic carbocycles. The van der Waals surface area contributed by atoms with E-state index in [1.54, 1.807) is 19.1 Å². The summed E-state index contributed by atoms with van der Waals surface area (Å²) in [6, 6.07) is 4.40. The van der Waals surface area contributed by atoms with E-state index in [0.717, 1.165) is 0 Å². The Bertz CT molecular complexity index is 433. The van der Waals surface area contributed by atoms with Gasteiger partial charge in [-0.25, -0.2) is 0 Å². The van der Waals surface area contributed by atoms with E-state index in [2.05, 4.69) is 0 Å². The van der Waals surface area contributed by atoms with E-state index < -0.39 is 4.92 Å². The Kier molecular flexibility index (Phi) is 4.90. The fourth-order valence-electron chi connectivity index (χ4n) is 1.39. The summed E-state index contributed by atoms with van der Waals surface area (Å²) < 4.78 is 4.75. The molecule has 1 rings (SSSR count). The van der Waals surface area contributed by atoms with Crippen molar-refractivity contribution >= 4 is 23.3 Å². The second-order valence-electron chi connectivity index (χ2n) is 3.34. The van der Waals surface area contributed by atoms with Gasteiger partial charge in [0.15, 0.2) is 0 Å². The molecule has 92 valence electrons. The van der Waals surface area contributed by atoms with Crippen LogP contribution in [0.5, 0.6) is 0 Å². The molecule has 0 unspecified atom stereocenters. The largest absolute Gasteiger partial charge is 0.466 e. The van der Waals surface area contributed by atoms with Crippen LogP contribution in [0.1, 0.15) is 18.9 Å². The number of rotatable bonds is 5. The number of ether oxygens (including phenoxy) is 1. The highest BCUT2D eigenvalue weighted by molar-refractivity contribution is 6.30. The predicted octanol–water partition coefficient (Wildman–Crippen LogP) is 2.74. The Labute approximate surface area is 103 Å². The molecule has 0 aliphatic heterocycles. The molecule has 0 fully saturated rings. The maximum atomic E-state index is 11.1. The second-order valence-corrected chi connectivity index (χ2v) is 3.77. The number of carbonyl (C=O) groups is 1. The van der Waals surface area contributed by atoms with E-state index in [4.69, 9.17) is 16.3 Å². The Balaban J connectivity index is 2.77. The van der Waals surface area contributed by atoms with E-state index >= 15 is 0 Å². The molecule has 1 aromatic carbocycles. The number of nitro benzene ring substituents is 1. The Morgan fingerprint density at radius 2 is 2.24 bits per heavy atom. The molecule has 0 atom stereocenters. The highest BCUT2D eigenvalue weighted by Gasteiger charge is 2.15. The molecular weight excluding hydrogens is 246 g/mol. The highest BCUT2D eigenvalue weighted by Crippen LogP contribution is 2.24. The van der Waals surface area contributed by atoms with Gasteiger partial charge in [0.2, 0.25) is 0 Å². The minimum absolute atomic E-state index is 0.0678. The van der Waals surface area contributed by atoms with E-state index in [9.17, 15) is 14.9 Å². The first kappa shape index (κ1) is 13.4. The summed E-state index contributed by atoms with van der Waals surface area (Å²) in [6.07, 6.45) is 0.391. The summed E-state index contributed by atoms with van der Waals surface area (Å²) >= 11 is 5.68. The Morgan fingerprint density at radius 3 is 2.82 bits per heavy atom. The van der Waals surface area contributed by atoms with Crippen LogP contribution < -0.4 is 0 Å². The van der Waals surface area contributed by atoms with Crippen molar-refractivity contribution < 1.29 is 14.5 Å².